The van der Waals surface area contributed by atoms with Gasteiger partial charge in [-0.3, -0.25) is 10.1 Å². The van der Waals surface area contributed by atoms with E-state index >= 15 is 0 Å². The molecule has 0 amide bonds. The van der Waals surface area contributed by atoms with E-state index < -0.39 is 11.5 Å². The van der Waals surface area contributed by atoms with Gasteiger partial charge in [0.1, 0.15) is 5.54 Å². The van der Waals surface area contributed by atoms with Gasteiger partial charge in [0.15, 0.2) is 0 Å². The molecule has 1 aliphatic heterocycles. The van der Waals surface area contributed by atoms with Crippen molar-refractivity contribution in [3.63, 3.8) is 0 Å². The number of carboxylic acids is 1. The first kappa shape index (κ1) is 15.4. The molecule has 1 saturated heterocycles. The summed E-state index contributed by atoms with van der Waals surface area (Å²) >= 11 is 0. The molecule has 0 spiro atoms. The monoisotopic (exact) mass is 259 g/mol. The molecule has 1 heterocycles. The Kier molecular flexibility index (Phi) is 6.05. The van der Waals surface area contributed by atoms with Crippen LogP contribution in [-0.2, 0) is 14.3 Å². The Morgan fingerprint density at radius 1 is 1.61 bits per heavy atom. The average Bonchev–Trinajstić information content (AvgIpc) is 2.76. The summed E-state index contributed by atoms with van der Waals surface area (Å²) < 4.78 is 10.9. The molecule has 18 heavy (non-hydrogen) atoms. The highest BCUT2D eigenvalue weighted by atomic mass is 16.5. The molecule has 1 aliphatic rings. The second kappa shape index (κ2) is 7.07. The Labute approximate surface area is 109 Å². The number of nitrogens with one attached hydrogen (secondary N) is 1. The molecule has 1 fully saturated rings. The molecule has 1 rings (SSSR count). The second-order valence-corrected chi connectivity index (χ2v) is 5.40. The van der Waals surface area contributed by atoms with Crippen LogP contribution < -0.4 is 5.32 Å². The summed E-state index contributed by atoms with van der Waals surface area (Å²) in [7, 11) is 0. The van der Waals surface area contributed by atoms with E-state index in [0.717, 1.165) is 19.4 Å². The zero-order chi connectivity index (χ0) is 13.6. The van der Waals surface area contributed by atoms with Gasteiger partial charge in [-0.05, 0) is 40.0 Å². The lowest BCUT2D eigenvalue weighted by Gasteiger charge is -2.28. The fourth-order valence-electron chi connectivity index (χ4n) is 2.20. The summed E-state index contributed by atoms with van der Waals surface area (Å²) in [6, 6.07) is 0.148. The van der Waals surface area contributed by atoms with E-state index in [4.69, 9.17) is 9.47 Å². The van der Waals surface area contributed by atoms with Crippen LogP contribution in [0.5, 0.6) is 0 Å². The molecule has 0 bridgehead atoms. The molecule has 0 aromatic rings. The molecule has 0 aromatic carbocycles. The SMILES string of the molecule is CC(C)NC(C)(CCCOC1CCOC1)C(=O)O. The number of aliphatic carboxylic acids is 1. The first-order valence-electron chi connectivity index (χ1n) is 6.64. The second-order valence-electron chi connectivity index (χ2n) is 5.40. The minimum absolute atomic E-state index is 0.148. The third kappa shape index (κ3) is 4.92. The number of ether oxygens (including phenoxy) is 2. The average molecular weight is 259 g/mol. The fraction of sp³-hybridized carbons (Fsp3) is 0.923. The van der Waals surface area contributed by atoms with Gasteiger partial charge in [-0.15, -0.1) is 0 Å². The maximum atomic E-state index is 11.3. The van der Waals surface area contributed by atoms with Crippen LogP contribution in [0.1, 0.15) is 40.0 Å². The number of carbonyl (C=O) groups is 1. The van der Waals surface area contributed by atoms with Gasteiger partial charge in [0.05, 0.1) is 12.7 Å². The Bertz CT molecular complexity index is 264. The van der Waals surface area contributed by atoms with Crippen molar-refractivity contribution in [1.82, 2.24) is 5.32 Å². The fourth-order valence-corrected chi connectivity index (χ4v) is 2.20. The van der Waals surface area contributed by atoms with E-state index in [9.17, 15) is 9.90 Å². The zero-order valence-corrected chi connectivity index (χ0v) is 11.6. The third-order valence-corrected chi connectivity index (χ3v) is 3.14. The molecular weight excluding hydrogens is 234 g/mol. The Hall–Kier alpha value is -0.650. The first-order chi connectivity index (χ1) is 8.44. The third-order valence-electron chi connectivity index (χ3n) is 3.14. The summed E-state index contributed by atoms with van der Waals surface area (Å²) in [5.74, 6) is -0.805. The minimum atomic E-state index is -0.871. The lowest BCUT2D eigenvalue weighted by Crippen LogP contribution is -2.52. The van der Waals surface area contributed by atoms with Gasteiger partial charge >= 0.3 is 5.97 Å². The maximum Gasteiger partial charge on any atom is 0.323 e. The molecule has 5 nitrogen and oxygen atoms in total. The molecule has 106 valence electrons. The van der Waals surface area contributed by atoms with E-state index in [2.05, 4.69) is 5.32 Å². The van der Waals surface area contributed by atoms with Gasteiger partial charge in [-0.2, -0.15) is 0 Å². The van der Waals surface area contributed by atoms with E-state index in [-0.39, 0.29) is 12.1 Å². The van der Waals surface area contributed by atoms with Crippen molar-refractivity contribution in [1.29, 1.82) is 0 Å². The highest BCUT2D eigenvalue weighted by Crippen LogP contribution is 2.15. The normalized spacial score (nSPS) is 23.2. The summed E-state index contributed by atoms with van der Waals surface area (Å²) in [4.78, 5) is 11.3. The van der Waals surface area contributed by atoms with Gasteiger partial charge < -0.3 is 14.6 Å². The molecule has 0 saturated carbocycles. The Morgan fingerprint density at radius 2 is 2.33 bits per heavy atom. The smallest absolute Gasteiger partial charge is 0.323 e. The van der Waals surface area contributed by atoms with Crippen molar-refractivity contribution in [3.8, 4) is 0 Å². The summed E-state index contributed by atoms with van der Waals surface area (Å²) in [5.41, 5.74) is -0.871. The van der Waals surface area contributed by atoms with Gasteiger partial charge in [-0.25, -0.2) is 0 Å². The van der Waals surface area contributed by atoms with Crippen LogP contribution in [0.3, 0.4) is 0 Å². The highest BCUT2D eigenvalue weighted by molar-refractivity contribution is 5.78. The summed E-state index contributed by atoms with van der Waals surface area (Å²) in [6.07, 6.45) is 2.44. The van der Waals surface area contributed by atoms with Crippen molar-refractivity contribution in [2.45, 2.75) is 57.7 Å². The molecular formula is C13H25NO4. The Balaban J connectivity index is 2.26. The number of hydrogen-bond acceptors (Lipinski definition) is 4. The van der Waals surface area contributed by atoms with Crippen LogP contribution in [-0.4, -0.2) is 48.6 Å². The summed E-state index contributed by atoms with van der Waals surface area (Å²) in [5, 5.41) is 12.4. The van der Waals surface area contributed by atoms with Crippen LogP contribution in [0.25, 0.3) is 0 Å². The molecule has 0 aliphatic carbocycles. The first-order valence-corrected chi connectivity index (χ1v) is 6.64. The maximum absolute atomic E-state index is 11.3. The lowest BCUT2D eigenvalue weighted by atomic mass is 9.95. The molecule has 2 N–H and O–H groups in total. The van der Waals surface area contributed by atoms with Crippen molar-refractivity contribution in [3.05, 3.63) is 0 Å². The highest BCUT2D eigenvalue weighted by Gasteiger charge is 2.32. The van der Waals surface area contributed by atoms with Crippen molar-refractivity contribution < 1.29 is 19.4 Å². The number of rotatable bonds is 8. The minimum Gasteiger partial charge on any atom is -0.480 e. The van der Waals surface area contributed by atoms with E-state index in [1.807, 2.05) is 13.8 Å². The van der Waals surface area contributed by atoms with Crippen LogP contribution in [0.15, 0.2) is 0 Å². The predicted octanol–water partition coefficient (Wildman–Crippen LogP) is 1.41. The van der Waals surface area contributed by atoms with Gasteiger partial charge in [-0.1, -0.05) is 0 Å². The van der Waals surface area contributed by atoms with Gasteiger partial charge in [0.2, 0.25) is 0 Å². The van der Waals surface area contributed by atoms with Gasteiger partial charge in [0, 0.05) is 19.3 Å². The Morgan fingerprint density at radius 3 is 2.83 bits per heavy atom. The topological polar surface area (TPSA) is 67.8 Å². The van der Waals surface area contributed by atoms with Crippen molar-refractivity contribution in [2.24, 2.45) is 0 Å². The van der Waals surface area contributed by atoms with Crippen LogP contribution in [0, 0.1) is 0 Å². The molecule has 0 radical (unpaired) electrons. The van der Waals surface area contributed by atoms with Crippen molar-refractivity contribution in [2.75, 3.05) is 19.8 Å². The lowest BCUT2D eigenvalue weighted by molar-refractivity contribution is -0.145. The predicted molar refractivity (Wildman–Crippen MR) is 68.7 cm³/mol. The van der Waals surface area contributed by atoms with E-state index in [1.54, 1.807) is 6.92 Å². The molecule has 2 unspecified atom stereocenters. The van der Waals surface area contributed by atoms with Crippen LogP contribution in [0.4, 0.5) is 0 Å². The zero-order valence-electron chi connectivity index (χ0n) is 11.6. The van der Waals surface area contributed by atoms with Crippen molar-refractivity contribution >= 4 is 5.97 Å². The number of carboxylic acid groups (broad SMARTS) is 1. The van der Waals surface area contributed by atoms with Crippen LogP contribution >= 0.6 is 0 Å². The van der Waals surface area contributed by atoms with Gasteiger partial charge in [0.25, 0.3) is 0 Å². The van der Waals surface area contributed by atoms with Crippen LogP contribution in [0.2, 0.25) is 0 Å². The molecule has 0 aromatic heterocycles. The quantitative estimate of drug-likeness (QED) is 0.645. The standard InChI is InChI=1S/C13H25NO4/c1-10(2)14-13(3,12(15)16)6-4-7-18-11-5-8-17-9-11/h10-11,14H,4-9H2,1-3H3,(H,15,16). The number of hydrogen-bond donors (Lipinski definition) is 2. The summed E-state index contributed by atoms with van der Waals surface area (Å²) in [6.45, 7) is 7.67. The van der Waals surface area contributed by atoms with E-state index in [0.29, 0.717) is 19.6 Å². The van der Waals surface area contributed by atoms with E-state index in [1.165, 1.54) is 0 Å². The largest absolute Gasteiger partial charge is 0.480 e. The molecule has 2 atom stereocenters. The molecule has 5 heteroatoms.